The maximum absolute atomic E-state index is 11.5. The summed E-state index contributed by atoms with van der Waals surface area (Å²) in [6.45, 7) is 10.5. The van der Waals surface area contributed by atoms with Crippen LogP contribution >= 0.6 is 0 Å². The maximum Gasteiger partial charge on any atom is 0.320 e. The Balaban J connectivity index is 2.10. The number of nitrogens with zero attached hydrogens (tertiary/aromatic N) is 2. The molecule has 16 heavy (non-hydrogen) atoms. The van der Waals surface area contributed by atoms with Crippen molar-refractivity contribution in [3.8, 4) is 0 Å². The van der Waals surface area contributed by atoms with Crippen LogP contribution in [-0.2, 0) is 9.53 Å². The van der Waals surface area contributed by atoms with Crippen molar-refractivity contribution in [3.63, 3.8) is 0 Å². The SMILES string of the molecule is CCCCOC(=O)CN1CCN(CC)CC1. The number of piperazine rings is 1. The summed E-state index contributed by atoms with van der Waals surface area (Å²) >= 11 is 0. The van der Waals surface area contributed by atoms with Gasteiger partial charge in [-0.25, -0.2) is 0 Å². The van der Waals surface area contributed by atoms with Gasteiger partial charge in [-0.15, -0.1) is 0 Å². The average molecular weight is 228 g/mol. The minimum absolute atomic E-state index is 0.0709. The minimum atomic E-state index is -0.0709. The van der Waals surface area contributed by atoms with Crippen molar-refractivity contribution < 1.29 is 9.53 Å². The minimum Gasteiger partial charge on any atom is -0.465 e. The predicted octanol–water partition coefficient (Wildman–Crippen LogP) is 0.967. The number of carbonyl (C=O) groups excluding carboxylic acids is 1. The average Bonchev–Trinajstić information content (AvgIpc) is 2.30. The number of hydrogen-bond acceptors (Lipinski definition) is 4. The molecule has 1 heterocycles. The second-order valence-corrected chi connectivity index (χ2v) is 4.28. The first-order valence-electron chi connectivity index (χ1n) is 6.36. The van der Waals surface area contributed by atoms with E-state index >= 15 is 0 Å². The molecular weight excluding hydrogens is 204 g/mol. The molecule has 1 fully saturated rings. The van der Waals surface area contributed by atoms with Gasteiger partial charge in [-0.2, -0.15) is 0 Å². The predicted molar refractivity (Wildman–Crippen MR) is 64.4 cm³/mol. The van der Waals surface area contributed by atoms with E-state index in [2.05, 4.69) is 23.6 Å². The Hall–Kier alpha value is -0.610. The monoisotopic (exact) mass is 228 g/mol. The highest BCUT2D eigenvalue weighted by Gasteiger charge is 2.18. The summed E-state index contributed by atoms with van der Waals surface area (Å²) in [6, 6.07) is 0. The molecule has 94 valence electrons. The highest BCUT2D eigenvalue weighted by Crippen LogP contribution is 2.01. The second-order valence-electron chi connectivity index (χ2n) is 4.28. The Morgan fingerprint density at radius 3 is 2.31 bits per heavy atom. The summed E-state index contributed by atoms with van der Waals surface area (Å²) < 4.78 is 5.14. The standard InChI is InChI=1S/C12H24N2O2/c1-3-5-10-16-12(15)11-14-8-6-13(4-2)7-9-14/h3-11H2,1-2H3. The summed E-state index contributed by atoms with van der Waals surface area (Å²) in [5.41, 5.74) is 0. The smallest absolute Gasteiger partial charge is 0.320 e. The number of esters is 1. The van der Waals surface area contributed by atoms with E-state index in [1.807, 2.05) is 0 Å². The first-order valence-corrected chi connectivity index (χ1v) is 6.36. The van der Waals surface area contributed by atoms with Crippen molar-refractivity contribution in [2.24, 2.45) is 0 Å². The molecule has 0 saturated carbocycles. The first kappa shape index (κ1) is 13.5. The van der Waals surface area contributed by atoms with E-state index in [1.54, 1.807) is 0 Å². The third-order valence-corrected chi connectivity index (χ3v) is 3.03. The van der Waals surface area contributed by atoms with Crippen molar-refractivity contribution in [3.05, 3.63) is 0 Å². The molecule has 4 heteroatoms. The number of carbonyl (C=O) groups is 1. The Kier molecular flexibility index (Phi) is 6.42. The molecule has 0 aromatic rings. The summed E-state index contributed by atoms with van der Waals surface area (Å²) in [4.78, 5) is 16.0. The van der Waals surface area contributed by atoms with E-state index < -0.39 is 0 Å². The van der Waals surface area contributed by atoms with Gasteiger partial charge in [-0.1, -0.05) is 20.3 Å². The lowest BCUT2D eigenvalue weighted by Crippen LogP contribution is -2.47. The summed E-state index contributed by atoms with van der Waals surface area (Å²) in [7, 11) is 0. The highest BCUT2D eigenvalue weighted by molar-refractivity contribution is 5.71. The molecule has 0 bridgehead atoms. The number of unbranched alkanes of at least 4 members (excludes halogenated alkanes) is 1. The third-order valence-electron chi connectivity index (χ3n) is 3.03. The van der Waals surface area contributed by atoms with Crippen LogP contribution in [0.15, 0.2) is 0 Å². The van der Waals surface area contributed by atoms with Crippen molar-refractivity contribution in [1.82, 2.24) is 9.80 Å². The van der Waals surface area contributed by atoms with E-state index in [0.717, 1.165) is 45.6 Å². The van der Waals surface area contributed by atoms with Gasteiger partial charge in [0.2, 0.25) is 0 Å². The topological polar surface area (TPSA) is 32.8 Å². The molecule has 1 rings (SSSR count). The molecule has 0 spiro atoms. The van der Waals surface area contributed by atoms with Gasteiger partial charge in [0.25, 0.3) is 0 Å². The molecule has 4 nitrogen and oxygen atoms in total. The number of likely N-dealkylation sites (N-methyl/N-ethyl adjacent to an activating group) is 1. The summed E-state index contributed by atoms with van der Waals surface area (Å²) in [5, 5.41) is 0. The van der Waals surface area contributed by atoms with Gasteiger partial charge in [-0.05, 0) is 13.0 Å². The van der Waals surface area contributed by atoms with Gasteiger partial charge in [0, 0.05) is 26.2 Å². The van der Waals surface area contributed by atoms with Crippen LogP contribution in [0.1, 0.15) is 26.7 Å². The van der Waals surface area contributed by atoms with Gasteiger partial charge < -0.3 is 9.64 Å². The zero-order valence-corrected chi connectivity index (χ0v) is 10.6. The van der Waals surface area contributed by atoms with Crippen LogP contribution in [0.4, 0.5) is 0 Å². The highest BCUT2D eigenvalue weighted by atomic mass is 16.5. The van der Waals surface area contributed by atoms with Crippen LogP contribution < -0.4 is 0 Å². The molecule has 1 saturated heterocycles. The number of ether oxygens (including phenoxy) is 1. The van der Waals surface area contributed by atoms with Gasteiger partial charge in [-0.3, -0.25) is 9.69 Å². The van der Waals surface area contributed by atoms with E-state index in [9.17, 15) is 4.79 Å². The van der Waals surface area contributed by atoms with Crippen LogP contribution in [0, 0.1) is 0 Å². The Bertz CT molecular complexity index is 201. The Morgan fingerprint density at radius 1 is 1.12 bits per heavy atom. The molecule has 0 radical (unpaired) electrons. The maximum atomic E-state index is 11.5. The largest absolute Gasteiger partial charge is 0.465 e. The Labute approximate surface area is 98.5 Å². The van der Waals surface area contributed by atoms with Gasteiger partial charge in [0.05, 0.1) is 13.2 Å². The molecule has 0 aliphatic carbocycles. The normalized spacial score (nSPS) is 18.6. The number of hydrogen-bond donors (Lipinski definition) is 0. The zero-order chi connectivity index (χ0) is 11.8. The van der Waals surface area contributed by atoms with Crippen molar-refractivity contribution >= 4 is 5.97 Å². The lowest BCUT2D eigenvalue weighted by molar-refractivity contribution is -0.145. The quantitative estimate of drug-likeness (QED) is 0.501. The van der Waals surface area contributed by atoms with E-state index in [0.29, 0.717) is 13.2 Å². The molecule has 1 aliphatic heterocycles. The summed E-state index contributed by atoms with van der Waals surface area (Å²) in [6.07, 6.45) is 2.04. The van der Waals surface area contributed by atoms with Crippen LogP contribution in [-0.4, -0.2) is 61.6 Å². The lowest BCUT2D eigenvalue weighted by atomic mass is 10.3. The van der Waals surface area contributed by atoms with E-state index in [1.165, 1.54) is 0 Å². The van der Waals surface area contributed by atoms with Gasteiger partial charge >= 0.3 is 5.97 Å². The summed E-state index contributed by atoms with van der Waals surface area (Å²) in [5.74, 6) is -0.0709. The fourth-order valence-corrected chi connectivity index (χ4v) is 1.82. The second kappa shape index (κ2) is 7.63. The molecule has 1 aliphatic rings. The van der Waals surface area contributed by atoms with Crippen molar-refractivity contribution in [2.75, 3.05) is 45.9 Å². The van der Waals surface area contributed by atoms with Crippen molar-refractivity contribution in [1.29, 1.82) is 0 Å². The van der Waals surface area contributed by atoms with Crippen LogP contribution in [0.2, 0.25) is 0 Å². The molecule has 0 amide bonds. The van der Waals surface area contributed by atoms with Crippen molar-refractivity contribution in [2.45, 2.75) is 26.7 Å². The molecular formula is C12H24N2O2. The fraction of sp³-hybridized carbons (Fsp3) is 0.917. The van der Waals surface area contributed by atoms with Crippen LogP contribution in [0.5, 0.6) is 0 Å². The molecule has 0 atom stereocenters. The lowest BCUT2D eigenvalue weighted by Gasteiger charge is -2.33. The zero-order valence-electron chi connectivity index (χ0n) is 10.6. The molecule has 0 N–H and O–H groups in total. The van der Waals surface area contributed by atoms with Crippen LogP contribution in [0.25, 0.3) is 0 Å². The third kappa shape index (κ3) is 4.94. The fourth-order valence-electron chi connectivity index (χ4n) is 1.82. The van der Waals surface area contributed by atoms with E-state index in [-0.39, 0.29) is 5.97 Å². The molecule has 0 unspecified atom stereocenters. The molecule has 0 aromatic carbocycles. The number of rotatable bonds is 6. The van der Waals surface area contributed by atoms with Gasteiger partial charge in [0.1, 0.15) is 0 Å². The van der Waals surface area contributed by atoms with E-state index in [4.69, 9.17) is 4.74 Å². The van der Waals surface area contributed by atoms with Crippen LogP contribution in [0.3, 0.4) is 0 Å². The van der Waals surface area contributed by atoms with Gasteiger partial charge in [0.15, 0.2) is 0 Å². The Morgan fingerprint density at radius 2 is 1.75 bits per heavy atom. The first-order chi connectivity index (χ1) is 7.76. The molecule has 0 aromatic heterocycles.